The van der Waals surface area contributed by atoms with Crippen LogP contribution in [0.4, 0.5) is 4.39 Å². The molecule has 21 heavy (non-hydrogen) atoms. The van der Waals surface area contributed by atoms with Gasteiger partial charge in [0.05, 0.1) is 7.11 Å². The number of fused-ring (bicyclic) bond motifs is 1. The van der Waals surface area contributed by atoms with Crippen LogP contribution in [0.15, 0.2) is 36.4 Å². The molecule has 110 valence electrons. The second-order valence-corrected chi connectivity index (χ2v) is 5.45. The first-order chi connectivity index (χ1) is 10.1. The Balaban J connectivity index is 1.96. The maximum absolute atomic E-state index is 14.0. The van der Waals surface area contributed by atoms with Gasteiger partial charge in [0, 0.05) is 28.6 Å². The summed E-state index contributed by atoms with van der Waals surface area (Å²) >= 11 is 5.94. The molecule has 2 atom stereocenters. The lowest BCUT2D eigenvalue weighted by molar-refractivity contribution is 0.157. The highest BCUT2D eigenvalue weighted by Gasteiger charge is 2.29. The lowest BCUT2D eigenvalue weighted by atomic mass is 9.93. The van der Waals surface area contributed by atoms with E-state index < -0.39 is 6.10 Å². The zero-order valence-corrected chi connectivity index (χ0v) is 12.2. The van der Waals surface area contributed by atoms with Gasteiger partial charge < -0.3 is 15.2 Å². The van der Waals surface area contributed by atoms with E-state index in [0.717, 1.165) is 11.3 Å². The first-order valence-electron chi connectivity index (χ1n) is 6.63. The Morgan fingerprint density at radius 1 is 1.24 bits per heavy atom. The first-order valence-corrected chi connectivity index (χ1v) is 7.01. The number of hydrogen-bond acceptors (Lipinski definition) is 3. The number of methoxy groups -OCH3 is 1. The normalized spacial score (nSPS) is 20.6. The molecule has 1 heterocycles. The fourth-order valence-corrected chi connectivity index (χ4v) is 2.74. The topological polar surface area (TPSA) is 44.5 Å². The van der Waals surface area contributed by atoms with Crippen molar-refractivity contribution in [2.75, 3.05) is 7.11 Å². The standard InChI is InChI=1S/C16H15ClFNO2/c1-20-10-3-5-15-12(7-10)14(19)8-16(21-15)11-6-9(17)2-4-13(11)18/h2-7,14,16H,8,19H2,1H3/t14-,16?/m0/s1. The third-order valence-corrected chi connectivity index (χ3v) is 3.89. The van der Waals surface area contributed by atoms with E-state index >= 15 is 0 Å². The van der Waals surface area contributed by atoms with Crippen molar-refractivity contribution >= 4 is 11.6 Å². The predicted molar refractivity (Wildman–Crippen MR) is 79.3 cm³/mol. The highest BCUT2D eigenvalue weighted by molar-refractivity contribution is 6.30. The Morgan fingerprint density at radius 3 is 2.81 bits per heavy atom. The van der Waals surface area contributed by atoms with Gasteiger partial charge in [-0.1, -0.05) is 11.6 Å². The molecule has 5 heteroatoms. The van der Waals surface area contributed by atoms with Gasteiger partial charge in [0.1, 0.15) is 23.4 Å². The van der Waals surface area contributed by atoms with E-state index in [1.165, 1.54) is 12.1 Å². The Kier molecular flexibility index (Phi) is 3.74. The van der Waals surface area contributed by atoms with Crippen molar-refractivity contribution in [1.82, 2.24) is 0 Å². The number of nitrogens with two attached hydrogens (primary N) is 1. The van der Waals surface area contributed by atoms with Crippen LogP contribution in [0, 0.1) is 5.82 Å². The van der Waals surface area contributed by atoms with Gasteiger partial charge in [-0.25, -0.2) is 4.39 Å². The highest BCUT2D eigenvalue weighted by atomic mass is 35.5. The zero-order chi connectivity index (χ0) is 15.0. The van der Waals surface area contributed by atoms with E-state index in [1.807, 2.05) is 6.07 Å². The number of rotatable bonds is 2. The molecule has 0 aliphatic carbocycles. The smallest absolute Gasteiger partial charge is 0.130 e. The summed E-state index contributed by atoms with van der Waals surface area (Å²) in [5, 5.41) is 0.476. The van der Waals surface area contributed by atoms with Crippen LogP contribution < -0.4 is 15.2 Å². The Hall–Kier alpha value is -1.78. The molecule has 1 unspecified atom stereocenters. The maximum atomic E-state index is 14.0. The molecule has 0 aromatic heterocycles. The maximum Gasteiger partial charge on any atom is 0.130 e. The van der Waals surface area contributed by atoms with Crippen LogP contribution >= 0.6 is 11.6 Å². The lowest BCUT2D eigenvalue weighted by Crippen LogP contribution is -2.24. The summed E-state index contributed by atoms with van der Waals surface area (Å²) in [6.45, 7) is 0. The van der Waals surface area contributed by atoms with E-state index in [-0.39, 0.29) is 11.9 Å². The minimum absolute atomic E-state index is 0.243. The molecule has 0 saturated heterocycles. The first kappa shape index (κ1) is 14.2. The van der Waals surface area contributed by atoms with Crippen LogP contribution in [-0.4, -0.2) is 7.11 Å². The van der Waals surface area contributed by atoms with Crippen LogP contribution in [0.1, 0.15) is 29.7 Å². The summed E-state index contributed by atoms with van der Waals surface area (Å²) in [5.41, 5.74) is 7.49. The third kappa shape index (κ3) is 2.69. The summed E-state index contributed by atoms with van der Waals surface area (Å²) in [6, 6.07) is 9.64. The predicted octanol–water partition coefficient (Wildman–Crippen LogP) is 4.01. The zero-order valence-electron chi connectivity index (χ0n) is 11.5. The lowest BCUT2D eigenvalue weighted by Gasteiger charge is -2.31. The van der Waals surface area contributed by atoms with Crippen molar-refractivity contribution < 1.29 is 13.9 Å². The van der Waals surface area contributed by atoms with E-state index in [1.54, 1.807) is 25.3 Å². The largest absolute Gasteiger partial charge is 0.497 e. The quantitative estimate of drug-likeness (QED) is 0.911. The average molecular weight is 308 g/mol. The molecule has 0 radical (unpaired) electrons. The summed E-state index contributed by atoms with van der Waals surface area (Å²) < 4.78 is 25.1. The van der Waals surface area contributed by atoms with Crippen molar-refractivity contribution in [3.63, 3.8) is 0 Å². The van der Waals surface area contributed by atoms with Gasteiger partial charge in [0.25, 0.3) is 0 Å². The van der Waals surface area contributed by atoms with Crippen LogP contribution in [0.2, 0.25) is 5.02 Å². The number of halogens is 2. The van der Waals surface area contributed by atoms with E-state index in [4.69, 9.17) is 26.8 Å². The van der Waals surface area contributed by atoms with Gasteiger partial charge in [-0.15, -0.1) is 0 Å². The summed E-state index contributed by atoms with van der Waals surface area (Å²) in [6.07, 6.45) is 0.0387. The van der Waals surface area contributed by atoms with E-state index in [9.17, 15) is 4.39 Å². The van der Waals surface area contributed by atoms with Crippen molar-refractivity contribution in [2.45, 2.75) is 18.6 Å². The molecular weight excluding hydrogens is 293 g/mol. The number of ether oxygens (including phenoxy) is 2. The van der Waals surface area contributed by atoms with E-state index in [0.29, 0.717) is 22.8 Å². The molecule has 0 fully saturated rings. The average Bonchev–Trinajstić information content (AvgIpc) is 2.49. The van der Waals surface area contributed by atoms with Gasteiger partial charge in [-0.2, -0.15) is 0 Å². The Morgan fingerprint density at radius 2 is 2.05 bits per heavy atom. The molecule has 2 aromatic rings. The van der Waals surface area contributed by atoms with Crippen molar-refractivity contribution in [2.24, 2.45) is 5.73 Å². The van der Waals surface area contributed by atoms with E-state index in [2.05, 4.69) is 0 Å². The van der Waals surface area contributed by atoms with Gasteiger partial charge in [0.2, 0.25) is 0 Å². The molecule has 2 N–H and O–H groups in total. The monoisotopic (exact) mass is 307 g/mol. The molecule has 1 aliphatic rings. The van der Waals surface area contributed by atoms with Crippen molar-refractivity contribution in [3.05, 3.63) is 58.4 Å². The Bertz CT molecular complexity index is 677. The van der Waals surface area contributed by atoms with Crippen molar-refractivity contribution in [3.8, 4) is 11.5 Å². The number of benzene rings is 2. The third-order valence-electron chi connectivity index (χ3n) is 3.66. The van der Waals surface area contributed by atoms with Crippen LogP contribution in [0.5, 0.6) is 11.5 Å². The summed E-state index contributed by atoms with van der Waals surface area (Å²) in [4.78, 5) is 0. The van der Waals surface area contributed by atoms with Crippen molar-refractivity contribution in [1.29, 1.82) is 0 Å². The molecule has 0 saturated carbocycles. The van der Waals surface area contributed by atoms with Gasteiger partial charge in [0.15, 0.2) is 0 Å². The van der Waals surface area contributed by atoms with Gasteiger partial charge in [-0.3, -0.25) is 0 Å². The molecule has 0 bridgehead atoms. The summed E-state index contributed by atoms with van der Waals surface area (Å²) in [5.74, 6) is 1.03. The fraction of sp³-hybridized carbons (Fsp3) is 0.250. The molecule has 0 spiro atoms. The second-order valence-electron chi connectivity index (χ2n) is 5.02. The van der Waals surface area contributed by atoms with Crippen LogP contribution in [-0.2, 0) is 0 Å². The van der Waals surface area contributed by atoms with Crippen LogP contribution in [0.3, 0.4) is 0 Å². The van der Waals surface area contributed by atoms with Gasteiger partial charge >= 0.3 is 0 Å². The minimum atomic E-state index is -0.445. The highest BCUT2D eigenvalue weighted by Crippen LogP contribution is 2.42. The number of hydrogen-bond donors (Lipinski definition) is 1. The second kappa shape index (κ2) is 5.54. The SMILES string of the molecule is COc1ccc2c(c1)[C@@H](N)CC(c1cc(Cl)ccc1F)O2. The summed E-state index contributed by atoms with van der Waals surface area (Å²) in [7, 11) is 1.60. The molecular formula is C16H15ClFNO2. The molecule has 0 amide bonds. The Labute approximate surface area is 127 Å². The molecule has 3 nitrogen and oxygen atoms in total. The van der Waals surface area contributed by atoms with Gasteiger partial charge in [-0.05, 0) is 36.4 Å². The molecule has 3 rings (SSSR count). The molecule has 2 aromatic carbocycles. The van der Waals surface area contributed by atoms with Crippen LogP contribution in [0.25, 0.3) is 0 Å². The molecule has 1 aliphatic heterocycles. The minimum Gasteiger partial charge on any atom is -0.497 e. The fourth-order valence-electron chi connectivity index (χ4n) is 2.56.